The molecular weight excluding hydrogens is 230 g/mol. The number of aryl methyl sites for hydroxylation is 1. The molecule has 0 N–H and O–H groups in total. The maximum Gasteiger partial charge on any atom is 0.276 e. The molecule has 0 aromatic heterocycles. The van der Waals surface area contributed by atoms with Crippen LogP contribution in [0.25, 0.3) is 0 Å². The van der Waals surface area contributed by atoms with Gasteiger partial charge in [-0.2, -0.15) is 0 Å². The molecule has 0 aliphatic carbocycles. The second kappa shape index (κ2) is 4.21. The quantitative estimate of drug-likeness (QED) is 0.601. The van der Waals surface area contributed by atoms with Crippen molar-refractivity contribution in [3.05, 3.63) is 33.4 Å². The van der Waals surface area contributed by atoms with Crippen molar-refractivity contribution < 1.29 is 13.3 Å². The summed E-state index contributed by atoms with van der Waals surface area (Å²) in [6, 6.07) is 2.89. The molecule has 1 rings (SSSR count). The molecule has 0 saturated carbocycles. The standard InChI is InChI=1S/C10H13NO4S/c1-4-16(14,15)9-6-5-7(2)10(8(9)3)11(12)13/h5-6H,4H2,1-3H3. The predicted molar refractivity (Wildman–Crippen MR) is 60.3 cm³/mol. The lowest BCUT2D eigenvalue weighted by Crippen LogP contribution is -2.08. The first-order valence-electron chi connectivity index (χ1n) is 4.78. The van der Waals surface area contributed by atoms with E-state index in [1.807, 2.05) is 0 Å². The Morgan fingerprint density at radius 3 is 2.31 bits per heavy atom. The first-order chi connectivity index (χ1) is 7.31. The van der Waals surface area contributed by atoms with Crippen LogP contribution in [0, 0.1) is 24.0 Å². The van der Waals surface area contributed by atoms with Crippen LogP contribution < -0.4 is 0 Å². The van der Waals surface area contributed by atoms with Gasteiger partial charge in [0.15, 0.2) is 9.84 Å². The van der Waals surface area contributed by atoms with Gasteiger partial charge in [0, 0.05) is 11.1 Å². The number of benzene rings is 1. The number of hydrogen-bond acceptors (Lipinski definition) is 4. The Labute approximate surface area is 94.2 Å². The fourth-order valence-electron chi connectivity index (χ4n) is 1.59. The van der Waals surface area contributed by atoms with Crippen LogP contribution in [0.3, 0.4) is 0 Å². The van der Waals surface area contributed by atoms with Crippen molar-refractivity contribution in [2.75, 3.05) is 5.75 Å². The second-order valence-electron chi connectivity index (χ2n) is 3.51. The first kappa shape index (κ1) is 12.6. The third kappa shape index (κ3) is 2.06. The SMILES string of the molecule is CCS(=O)(=O)c1ccc(C)c([N+](=O)[O-])c1C. The van der Waals surface area contributed by atoms with Crippen LogP contribution in [-0.4, -0.2) is 19.1 Å². The number of rotatable bonds is 3. The number of nitro groups is 1. The van der Waals surface area contributed by atoms with Crippen LogP contribution in [-0.2, 0) is 9.84 Å². The van der Waals surface area contributed by atoms with Crippen LogP contribution in [0.5, 0.6) is 0 Å². The van der Waals surface area contributed by atoms with Crippen LogP contribution in [0.1, 0.15) is 18.1 Å². The molecule has 0 aliphatic heterocycles. The van der Waals surface area contributed by atoms with E-state index in [2.05, 4.69) is 0 Å². The minimum Gasteiger partial charge on any atom is -0.258 e. The highest BCUT2D eigenvalue weighted by Crippen LogP contribution is 2.28. The minimum atomic E-state index is -3.41. The molecule has 1 aromatic rings. The second-order valence-corrected chi connectivity index (χ2v) is 5.76. The van der Waals surface area contributed by atoms with Crippen molar-refractivity contribution in [2.24, 2.45) is 0 Å². The molecule has 1 aromatic carbocycles. The first-order valence-corrected chi connectivity index (χ1v) is 6.43. The number of nitro benzene ring substituents is 1. The third-order valence-electron chi connectivity index (χ3n) is 2.48. The molecule has 5 nitrogen and oxygen atoms in total. The average molecular weight is 243 g/mol. The van der Waals surface area contributed by atoms with Crippen LogP contribution in [0.2, 0.25) is 0 Å². The van der Waals surface area contributed by atoms with Crippen molar-refractivity contribution in [2.45, 2.75) is 25.7 Å². The van der Waals surface area contributed by atoms with E-state index >= 15 is 0 Å². The molecule has 0 spiro atoms. The van der Waals surface area contributed by atoms with Crippen molar-refractivity contribution in [1.29, 1.82) is 0 Å². The van der Waals surface area contributed by atoms with E-state index in [4.69, 9.17) is 0 Å². The van der Waals surface area contributed by atoms with Gasteiger partial charge in [-0.3, -0.25) is 10.1 Å². The number of sulfone groups is 1. The summed E-state index contributed by atoms with van der Waals surface area (Å²) in [4.78, 5) is 10.3. The summed E-state index contributed by atoms with van der Waals surface area (Å²) in [6.07, 6.45) is 0. The monoisotopic (exact) mass is 243 g/mol. The third-order valence-corrected chi connectivity index (χ3v) is 4.35. The summed E-state index contributed by atoms with van der Waals surface area (Å²) in [5.74, 6) is -0.0615. The Morgan fingerprint density at radius 1 is 1.31 bits per heavy atom. The molecule has 6 heteroatoms. The topological polar surface area (TPSA) is 77.3 Å². The van der Waals surface area contributed by atoms with Gasteiger partial charge in [-0.25, -0.2) is 8.42 Å². The van der Waals surface area contributed by atoms with Gasteiger partial charge in [0.2, 0.25) is 0 Å². The van der Waals surface area contributed by atoms with Crippen molar-refractivity contribution >= 4 is 15.5 Å². The van der Waals surface area contributed by atoms with Crippen molar-refractivity contribution in [1.82, 2.24) is 0 Å². The highest BCUT2D eigenvalue weighted by Gasteiger charge is 2.23. The van der Waals surface area contributed by atoms with Crippen LogP contribution in [0.4, 0.5) is 5.69 Å². The molecular formula is C10H13NO4S. The van der Waals surface area contributed by atoms with Gasteiger partial charge in [-0.05, 0) is 19.9 Å². The van der Waals surface area contributed by atoms with Crippen LogP contribution in [0.15, 0.2) is 17.0 Å². The van der Waals surface area contributed by atoms with E-state index in [0.717, 1.165) is 0 Å². The molecule has 0 amide bonds. The predicted octanol–water partition coefficient (Wildman–Crippen LogP) is 2.01. The zero-order chi connectivity index (χ0) is 12.5. The molecule has 0 saturated heterocycles. The lowest BCUT2D eigenvalue weighted by Gasteiger charge is -2.07. The fourth-order valence-corrected chi connectivity index (χ4v) is 2.74. The minimum absolute atomic E-state index is 0.0484. The lowest BCUT2D eigenvalue weighted by molar-refractivity contribution is -0.386. The van der Waals surface area contributed by atoms with E-state index in [0.29, 0.717) is 5.56 Å². The van der Waals surface area contributed by atoms with Gasteiger partial charge < -0.3 is 0 Å². The number of hydrogen-bond donors (Lipinski definition) is 0. The Balaban J connectivity index is 3.59. The Kier molecular flexibility index (Phi) is 3.32. The summed E-state index contributed by atoms with van der Waals surface area (Å²) >= 11 is 0. The van der Waals surface area contributed by atoms with E-state index in [1.165, 1.54) is 26.0 Å². The van der Waals surface area contributed by atoms with Crippen molar-refractivity contribution in [3.63, 3.8) is 0 Å². The van der Waals surface area contributed by atoms with Gasteiger partial charge in [0.1, 0.15) is 0 Å². The zero-order valence-electron chi connectivity index (χ0n) is 9.35. The Hall–Kier alpha value is -1.43. The lowest BCUT2D eigenvalue weighted by atomic mass is 10.1. The van der Waals surface area contributed by atoms with Gasteiger partial charge in [-0.1, -0.05) is 13.0 Å². The summed E-state index contributed by atoms with van der Waals surface area (Å²) < 4.78 is 23.4. The smallest absolute Gasteiger partial charge is 0.258 e. The summed E-state index contributed by atoms with van der Waals surface area (Å²) in [7, 11) is -3.41. The van der Waals surface area contributed by atoms with Gasteiger partial charge >= 0.3 is 0 Å². The van der Waals surface area contributed by atoms with E-state index in [9.17, 15) is 18.5 Å². The maximum atomic E-state index is 11.7. The Bertz CT molecular complexity index is 534. The highest BCUT2D eigenvalue weighted by molar-refractivity contribution is 7.91. The van der Waals surface area contributed by atoms with Crippen LogP contribution >= 0.6 is 0 Å². The molecule has 0 atom stereocenters. The van der Waals surface area contributed by atoms with Crippen molar-refractivity contribution in [3.8, 4) is 0 Å². The maximum absolute atomic E-state index is 11.7. The molecule has 16 heavy (non-hydrogen) atoms. The van der Waals surface area contributed by atoms with Gasteiger partial charge in [-0.15, -0.1) is 0 Å². The Morgan fingerprint density at radius 2 is 1.88 bits per heavy atom. The molecule has 0 heterocycles. The summed E-state index contributed by atoms with van der Waals surface area (Å²) in [6.45, 7) is 4.57. The summed E-state index contributed by atoms with van der Waals surface area (Å²) in [5.41, 5.74) is 0.568. The van der Waals surface area contributed by atoms with Gasteiger partial charge in [0.05, 0.1) is 15.6 Å². The molecule has 0 radical (unpaired) electrons. The van der Waals surface area contributed by atoms with E-state index in [1.54, 1.807) is 6.92 Å². The molecule has 0 aliphatic rings. The largest absolute Gasteiger partial charge is 0.276 e. The van der Waals surface area contributed by atoms with E-state index in [-0.39, 0.29) is 21.9 Å². The average Bonchev–Trinajstić information content (AvgIpc) is 2.16. The highest BCUT2D eigenvalue weighted by atomic mass is 32.2. The molecule has 0 fully saturated rings. The molecule has 88 valence electrons. The normalized spacial score (nSPS) is 11.4. The zero-order valence-corrected chi connectivity index (χ0v) is 10.2. The number of nitrogens with zero attached hydrogens (tertiary/aromatic N) is 1. The fraction of sp³-hybridized carbons (Fsp3) is 0.400. The molecule has 0 bridgehead atoms. The summed E-state index contributed by atoms with van der Waals surface area (Å²) in [5, 5.41) is 10.8. The molecule has 0 unspecified atom stereocenters. The van der Waals surface area contributed by atoms with E-state index < -0.39 is 14.8 Å². The van der Waals surface area contributed by atoms with Gasteiger partial charge in [0.25, 0.3) is 5.69 Å².